The molecule has 0 N–H and O–H groups in total. The van der Waals surface area contributed by atoms with E-state index in [1.165, 1.54) is 13.4 Å². The molecule has 2 aromatic rings. The first kappa shape index (κ1) is 13.1. The van der Waals surface area contributed by atoms with Crippen LogP contribution < -0.4 is 4.74 Å². The van der Waals surface area contributed by atoms with Crippen LogP contribution in [0.1, 0.15) is 22.5 Å². The maximum absolute atomic E-state index is 9.07. The van der Waals surface area contributed by atoms with Crippen molar-refractivity contribution in [1.82, 2.24) is 9.55 Å². The standard InChI is InChI=1S/C14H9N5O/c1-20-14-4-10(5-15)2-3-11(14)8-19-9-18-12(6-16)13(19)7-17/h2-4,9H,8H2,1H3. The second-order valence-corrected chi connectivity index (χ2v) is 3.93. The van der Waals surface area contributed by atoms with E-state index >= 15 is 0 Å². The van der Waals surface area contributed by atoms with Crippen molar-refractivity contribution in [2.75, 3.05) is 7.11 Å². The molecule has 6 heteroatoms. The average Bonchev–Trinajstić information content (AvgIpc) is 2.89. The first-order valence-electron chi connectivity index (χ1n) is 5.65. The van der Waals surface area contributed by atoms with Crippen LogP contribution in [0.15, 0.2) is 24.5 Å². The molecule has 1 aromatic carbocycles. The highest BCUT2D eigenvalue weighted by molar-refractivity contribution is 5.43. The summed E-state index contributed by atoms with van der Waals surface area (Å²) in [5, 5.41) is 26.8. The van der Waals surface area contributed by atoms with Crippen molar-refractivity contribution in [3.8, 4) is 24.0 Å². The lowest BCUT2D eigenvalue weighted by Gasteiger charge is -2.09. The number of hydrogen-bond acceptors (Lipinski definition) is 5. The first-order chi connectivity index (χ1) is 9.73. The molecule has 0 aliphatic rings. The molecular formula is C14H9N5O. The summed E-state index contributed by atoms with van der Waals surface area (Å²) in [6, 6.07) is 10.9. The number of ether oxygens (including phenoxy) is 1. The first-order valence-corrected chi connectivity index (χ1v) is 5.65. The smallest absolute Gasteiger partial charge is 0.176 e. The van der Waals surface area contributed by atoms with Crippen molar-refractivity contribution in [3.63, 3.8) is 0 Å². The summed E-state index contributed by atoms with van der Waals surface area (Å²) in [5.74, 6) is 0.556. The van der Waals surface area contributed by atoms with Gasteiger partial charge in [0.15, 0.2) is 11.4 Å². The minimum atomic E-state index is 0.0973. The van der Waals surface area contributed by atoms with Gasteiger partial charge in [0.2, 0.25) is 0 Å². The summed E-state index contributed by atoms with van der Waals surface area (Å²) in [6.07, 6.45) is 1.44. The lowest BCUT2D eigenvalue weighted by atomic mass is 10.1. The Kier molecular flexibility index (Phi) is 3.65. The summed E-state index contributed by atoms with van der Waals surface area (Å²) in [7, 11) is 1.51. The van der Waals surface area contributed by atoms with E-state index in [1.54, 1.807) is 22.8 Å². The van der Waals surface area contributed by atoms with Crippen molar-refractivity contribution in [2.45, 2.75) is 6.54 Å². The summed E-state index contributed by atoms with van der Waals surface area (Å²) in [4.78, 5) is 3.88. The van der Waals surface area contributed by atoms with Crippen LogP contribution in [0.2, 0.25) is 0 Å². The van der Waals surface area contributed by atoms with Crippen LogP contribution in [0, 0.1) is 34.0 Å². The van der Waals surface area contributed by atoms with E-state index < -0.39 is 0 Å². The molecule has 0 fully saturated rings. The molecule has 0 radical (unpaired) electrons. The molecule has 6 nitrogen and oxygen atoms in total. The molecule has 0 spiro atoms. The van der Waals surface area contributed by atoms with Crippen LogP contribution in [0.5, 0.6) is 5.75 Å². The van der Waals surface area contributed by atoms with Gasteiger partial charge in [0, 0.05) is 5.56 Å². The van der Waals surface area contributed by atoms with Crippen LogP contribution in [0.3, 0.4) is 0 Å². The van der Waals surface area contributed by atoms with Gasteiger partial charge in [-0.1, -0.05) is 6.07 Å². The third-order valence-corrected chi connectivity index (χ3v) is 2.81. The number of imidazole rings is 1. The van der Waals surface area contributed by atoms with Gasteiger partial charge in [-0.3, -0.25) is 0 Å². The van der Waals surface area contributed by atoms with Gasteiger partial charge in [0.25, 0.3) is 0 Å². The number of hydrogen-bond donors (Lipinski definition) is 0. The van der Waals surface area contributed by atoms with E-state index in [9.17, 15) is 0 Å². The third kappa shape index (κ3) is 2.29. The van der Waals surface area contributed by atoms with E-state index in [0.717, 1.165) is 5.56 Å². The summed E-state index contributed by atoms with van der Waals surface area (Å²) >= 11 is 0. The normalized spacial score (nSPS) is 9.30. The Morgan fingerprint density at radius 3 is 2.60 bits per heavy atom. The van der Waals surface area contributed by atoms with Crippen LogP contribution in [-0.4, -0.2) is 16.7 Å². The number of aromatic nitrogens is 2. The van der Waals surface area contributed by atoms with Gasteiger partial charge in [-0.15, -0.1) is 0 Å². The molecule has 96 valence electrons. The molecule has 0 saturated carbocycles. The minimum Gasteiger partial charge on any atom is -0.496 e. The molecule has 0 unspecified atom stereocenters. The second kappa shape index (κ2) is 5.56. The fourth-order valence-corrected chi connectivity index (χ4v) is 1.83. The van der Waals surface area contributed by atoms with Crippen molar-refractivity contribution in [1.29, 1.82) is 15.8 Å². The predicted molar refractivity (Wildman–Crippen MR) is 68.5 cm³/mol. The number of rotatable bonds is 3. The second-order valence-electron chi connectivity index (χ2n) is 3.93. The fraction of sp³-hybridized carbons (Fsp3) is 0.143. The Balaban J connectivity index is 2.41. The zero-order chi connectivity index (χ0) is 14.5. The van der Waals surface area contributed by atoms with Crippen molar-refractivity contribution in [2.24, 2.45) is 0 Å². The SMILES string of the molecule is COc1cc(C#N)ccc1Cn1cnc(C#N)c1C#N. The van der Waals surface area contributed by atoms with E-state index in [-0.39, 0.29) is 11.4 Å². The van der Waals surface area contributed by atoms with Crippen molar-refractivity contribution >= 4 is 0 Å². The molecule has 0 aliphatic heterocycles. The monoisotopic (exact) mass is 263 g/mol. The van der Waals surface area contributed by atoms with Gasteiger partial charge in [0.1, 0.15) is 17.9 Å². The van der Waals surface area contributed by atoms with Gasteiger partial charge in [0.05, 0.1) is 31.6 Å². The summed E-state index contributed by atoms with van der Waals surface area (Å²) < 4.78 is 6.81. The number of benzene rings is 1. The van der Waals surface area contributed by atoms with E-state index in [0.29, 0.717) is 17.9 Å². The predicted octanol–water partition coefficient (Wildman–Crippen LogP) is 1.56. The number of nitriles is 3. The largest absolute Gasteiger partial charge is 0.496 e. The maximum atomic E-state index is 9.07. The molecule has 1 aromatic heterocycles. The molecule has 2 rings (SSSR count). The number of nitrogens with zero attached hydrogens (tertiary/aromatic N) is 5. The van der Waals surface area contributed by atoms with Crippen LogP contribution in [0.25, 0.3) is 0 Å². The molecule has 0 saturated heterocycles. The Hall–Kier alpha value is -3.30. The van der Waals surface area contributed by atoms with Crippen LogP contribution in [-0.2, 0) is 6.54 Å². The molecule has 1 heterocycles. The van der Waals surface area contributed by atoms with Gasteiger partial charge < -0.3 is 9.30 Å². The highest BCUT2D eigenvalue weighted by Gasteiger charge is 2.12. The van der Waals surface area contributed by atoms with Crippen molar-refractivity contribution < 1.29 is 4.74 Å². The highest BCUT2D eigenvalue weighted by atomic mass is 16.5. The van der Waals surface area contributed by atoms with Crippen LogP contribution in [0.4, 0.5) is 0 Å². The van der Waals surface area contributed by atoms with Gasteiger partial charge in [-0.05, 0) is 12.1 Å². The highest BCUT2D eigenvalue weighted by Crippen LogP contribution is 2.22. The molecule has 20 heavy (non-hydrogen) atoms. The van der Waals surface area contributed by atoms with E-state index in [2.05, 4.69) is 4.98 Å². The molecule has 0 amide bonds. The lowest BCUT2D eigenvalue weighted by molar-refractivity contribution is 0.408. The van der Waals surface area contributed by atoms with Gasteiger partial charge in [-0.2, -0.15) is 15.8 Å². The Morgan fingerprint density at radius 2 is 2.00 bits per heavy atom. The maximum Gasteiger partial charge on any atom is 0.176 e. The zero-order valence-corrected chi connectivity index (χ0v) is 10.7. The van der Waals surface area contributed by atoms with Crippen LogP contribution >= 0.6 is 0 Å². The van der Waals surface area contributed by atoms with Crippen molar-refractivity contribution in [3.05, 3.63) is 47.0 Å². The average molecular weight is 263 g/mol. The Morgan fingerprint density at radius 1 is 1.20 bits per heavy atom. The molecule has 0 atom stereocenters. The molecular weight excluding hydrogens is 254 g/mol. The number of methoxy groups -OCH3 is 1. The Labute approximate surface area is 115 Å². The molecule has 0 bridgehead atoms. The summed E-state index contributed by atoms with van der Waals surface area (Å²) in [6.45, 7) is 0.340. The third-order valence-electron chi connectivity index (χ3n) is 2.81. The fourth-order valence-electron chi connectivity index (χ4n) is 1.83. The lowest BCUT2D eigenvalue weighted by Crippen LogP contribution is -2.03. The zero-order valence-electron chi connectivity index (χ0n) is 10.7. The van der Waals surface area contributed by atoms with E-state index in [4.69, 9.17) is 20.5 Å². The summed E-state index contributed by atoms with van der Waals surface area (Å²) in [5.41, 5.74) is 1.60. The topological polar surface area (TPSA) is 98.4 Å². The van der Waals surface area contributed by atoms with E-state index in [1.807, 2.05) is 18.2 Å². The minimum absolute atomic E-state index is 0.0973. The van der Waals surface area contributed by atoms with Gasteiger partial charge >= 0.3 is 0 Å². The van der Waals surface area contributed by atoms with Gasteiger partial charge in [-0.25, -0.2) is 4.98 Å². The quantitative estimate of drug-likeness (QED) is 0.836. The molecule has 0 aliphatic carbocycles. The Bertz CT molecular complexity index is 770.